The number of ether oxygens (including phenoxy) is 2. The smallest absolute Gasteiger partial charge is 0.310 e. The molecule has 136 valence electrons. The maximum atomic E-state index is 12.0. The number of nitro benzene ring substituents is 1. The van der Waals surface area contributed by atoms with Crippen LogP contribution in [0.15, 0.2) is 78.9 Å². The molecule has 27 heavy (non-hydrogen) atoms. The summed E-state index contributed by atoms with van der Waals surface area (Å²) in [5.41, 5.74) is 0.374. The highest BCUT2D eigenvalue weighted by Crippen LogP contribution is 2.26. The summed E-state index contributed by atoms with van der Waals surface area (Å²) in [6.07, 6.45) is 0. The Morgan fingerprint density at radius 3 is 2.22 bits per heavy atom. The van der Waals surface area contributed by atoms with E-state index in [1.165, 1.54) is 18.2 Å². The maximum absolute atomic E-state index is 12.0. The zero-order valence-electron chi connectivity index (χ0n) is 14.2. The average Bonchev–Trinajstić information content (AvgIpc) is 2.69. The minimum atomic E-state index is -0.557. The number of amides is 1. The molecule has 0 aliphatic heterocycles. The van der Waals surface area contributed by atoms with Crippen LogP contribution >= 0.6 is 0 Å². The Bertz CT molecular complexity index is 927. The van der Waals surface area contributed by atoms with Gasteiger partial charge in [-0.1, -0.05) is 30.3 Å². The van der Waals surface area contributed by atoms with Crippen molar-refractivity contribution in [3.63, 3.8) is 0 Å². The summed E-state index contributed by atoms with van der Waals surface area (Å²) >= 11 is 0. The zero-order chi connectivity index (χ0) is 19.1. The lowest BCUT2D eigenvalue weighted by Crippen LogP contribution is -2.20. The van der Waals surface area contributed by atoms with Crippen LogP contribution in [0.25, 0.3) is 0 Å². The topological polar surface area (TPSA) is 90.7 Å². The van der Waals surface area contributed by atoms with Gasteiger partial charge in [-0.3, -0.25) is 14.9 Å². The van der Waals surface area contributed by atoms with Crippen LogP contribution in [0, 0.1) is 10.1 Å². The number of hydrogen-bond acceptors (Lipinski definition) is 5. The number of nitrogens with zero attached hydrogens (tertiary/aromatic N) is 1. The molecule has 3 rings (SSSR count). The van der Waals surface area contributed by atoms with Gasteiger partial charge in [-0.25, -0.2) is 0 Å². The molecule has 0 heterocycles. The molecule has 0 spiro atoms. The van der Waals surface area contributed by atoms with Gasteiger partial charge in [0.1, 0.15) is 11.5 Å². The second-order valence-corrected chi connectivity index (χ2v) is 5.50. The first-order chi connectivity index (χ1) is 13.1. The van der Waals surface area contributed by atoms with Crippen LogP contribution in [0.2, 0.25) is 0 Å². The molecule has 0 saturated carbocycles. The molecule has 7 heteroatoms. The highest BCUT2D eigenvalue weighted by molar-refractivity contribution is 5.92. The Labute approximate surface area is 155 Å². The zero-order valence-corrected chi connectivity index (χ0v) is 14.2. The normalized spacial score (nSPS) is 10.1. The molecule has 0 radical (unpaired) electrons. The summed E-state index contributed by atoms with van der Waals surface area (Å²) in [6, 6.07) is 22.1. The van der Waals surface area contributed by atoms with E-state index < -0.39 is 10.8 Å². The minimum Gasteiger partial charge on any atom is -0.477 e. The number of carbonyl (C=O) groups is 1. The number of rotatable bonds is 7. The van der Waals surface area contributed by atoms with Crippen LogP contribution in [0.5, 0.6) is 17.2 Å². The van der Waals surface area contributed by atoms with Crippen molar-refractivity contribution in [1.82, 2.24) is 0 Å². The Morgan fingerprint density at radius 2 is 1.52 bits per heavy atom. The van der Waals surface area contributed by atoms with Crippen molar-refractivity contribution >= 4 is 17.3 Å². The number of nitrogens with one attached hydrogen (secondary N) is 1. The summed E-state index contributed by atoms with van der Waals surface area (Å²) in [6.45, 7) is -0.340. The molecular formula is C20H16N2O5. The Hall–Kier alpha value is -3.87. The number of benzene rings is 3. The summed E-state index contributed by atoms with van der Waals surface area (Å²) in [7, 11) is 0. The third-order valence-corrected chi connectivity index (χ3v) is 3.54. The van der Waals surface area contributed by atoms with Gasteiger partial charge in [0.05, 0.1) is 4.92 Å². The van der Waals surface area contributed by atoms with Crippen molar-refractivity contribution in [3.05, 3.63) is 89.0 Å². The third kappa shape index (κ3) is 5.05. The Kier molecular flexibility index (Phi) is 5.64. The van der Waals surface area contributed by atoms with E-state index in [0.29, 0.717) is 17.2 Å². The molecule has 0 bridgehead atoms. The number of nitro groups is 1. The largest absolute Gasteiger partial charge is 0.477 e. The fourth-order valence-electron chi connectivity index (χ4n) is 2.30. The van der Waals surface area contributed by atoms with Gasteiger partial charge < -0.3 is 14.8 Å². The monoisotopic (exact) mass is 364 g/mol. The molecule has 7 nitrogen and oxygen atoms in total. The van der Waals surface area contributed by atoms with Crippen molar-refractivity contribution in [2.24, 2.45) is 0 Å². The van der Waals surface area contributed by atoms with E-state index in [-0.39, 0.29) is 18.0 Å². The SMILES string of the molecule is O=C(COc1ccccc1[N+](=O)[O-])Nc1ccc(Oc2ccccc2)cc1. The third-order valence-electron chi connectivity index (χ3n) is 3.54. The summed E-state index contributed by atoms with van der Waals surface area (Å²) in [5, 5.41) is 13.6. The summed E-state index contributed by atoms with van der Waals surface area (Å²) in [4.78, 5) is 22.4. The van der Waals surface area contributed by atoms with E-state index in [1.807, 2.05) is 30.3 Å². The van der Waals surface area contributed by atoms with Gasteiger partial charge in [0.15, 0.2) is 12.4 Å². The molecule has 3 aromatic carbocycles. The second-order valence-electron chi connectivity index (χ2n) is 5.50. The first kappa shape index (κ1) is 17.9. The molecule has 0 atom stereocenters. The predicted octanol–water partition coefficient (Wildman–Crippen LogP) is 4.40. The molecule has 0 aromatic heterocycles. The quantitative estimate of drug-likeness (QED) is 0.495. The standard InChI is InChI=1S/C20H16N2O5/c23-20(14-26-19-9-5-4-8-18(19)22(24)25)21-15-10-12-17(13-11-15)27-16-6-2-1-3-7-16/h1-13H,14H2,(H,21,23). The van der Waals surface area contributed by atoms with Gasteiger partial charge in [0, 0.05) is 11.8 Å². The number of anilines is 1. The Balaban J connectivity index is 1.54. The van der Waals surface area contributed by atoms with E-state index >= 15 is 0 Å². The van der Waals surface area contributed by atoms with Gasteiger partial charge in [0.2, 0.25) is 0 Å². The van der Waals surface area contributed by atoms with Crippen molar-refractivity contribution in [2.75, 3.05) is 11.9 Å². The van der Waals surface area contributed by atoms with Gasteiger partial charge in [-0.2, -0.15) is 0 Å². The van der Waals surface area contributed by atoms with E-state index in [1.54, 1.807) is 30.3 Å². The number of para-hydroxylation sites is 3. The van der Waals surface area contributed by atoms with Gasteiger partial charge >= 0.3 is 5.69 Å². The lowest BCUT2D eigenvalue weighted by Gasteiger charge is -2.09. The molecule has 0 saturated heterocycles. The maximum Gasteiger partial charge on any atom is 0.310 e. The van der Waals surface area contributed by atoms with Crippen LogP contribution in [0.4, 0.5) is 11.4 Å². The fourth-order valence-corrected chi connectivity index (χ4v) is 2.30. The van der Waals surface area contributed by atoms with E-state index in [2.05, 4.69) is 5.32 Å². The fraction of sp³-hybridized carbons (Fsp3) is 0.0500. The van der Waals surface area contributed by atoms with E-state index in [4.69, 9.17) is 9.47 Å². The van der Waals surface area contributed by atoms with Crippen molar-refractivity contribution < 1.29 is 19.2 Å². The second kappa shape index (κ2) is 8.48. The molecule has 3 aromatic rings. The first-order valence-corrected chi connectivity index (χ1v) is 8.11. The molecule has 1 N–H and O–H groups in total. The van der Waals surface area contributed by atoms with Crippen LogP contribution in [-0.4, -0.2) is 17.4 Å². The van der Waals surface area contributed by atoms with Gasteiger partial charge in [-0.05, 0) is 42.5 Å². The molecule has 0 unspecified atom stereocenters. The molecular weight excluding hydrogens is 348 g/mol. The average molecular weight is 364 g/mol. The van der Waals surface area contributed by atoms with Crippen LogP contribution in [-0.2, 0) is 4.79 Å². The molecule has 0 aliphatic carbocycles. The molecule has 0 fully saturated rings. The number of hydrogen-bond donors (Lipinski definition) is 1. The lowest BCUT2D eigenvalue weighted by molar-refractivity contribution is -0.385. The van der Waals surface area contributed by atoms with E-state index in [9.17, 15) is 14.9 Å². The highest BCUT2D eigenvalue weighted by Gasteiger charge is 2.15. The molecule has 1 amide bonds. The minimum absolute atomic E-state index is 0.0456. The van der Waals surface area contributed by atoms with Gasteiger partial charge in [0.25, 0.3) is 5.91 Å². The highest BCUT2D eigenvalue weighted by atomic mass is 16.6. The van der Waals surface area contributed by atoms with Crippen LogP contribution in [0.1, 0.15) is 0 Å². The predicted molar refractivity (Wildman–Crippen MR) is 100 cm³/mol. The molecule has 0 aliphatic rings. The first-order valence-electron chi connectivity index (χ1n) is 8.11. The Morgan fingerprint density at radius 1 is 0.889 bits per heavy atom. The van der Waals surface area contributed by atoms with Crippen LogP contribution < -0.4 is 14.8 Å². The van der Waals surface area contributed by atoms with E-state index in [0.717, 1.165) is 0 Å². The van der Waals surface area contributed by atoms with Gasteiger partial charge in [-0.15, -0.1) is 0 Å². The summed E-state index contributed by atoms with van der Waals surface area (Å²) in [5.74, 6) is 0.969. The lowest BCUT2D eigenvalue weighted by atomic mass is 10.3. The van der Waals surface area contributed by atoms with Crippen molar-refractivity contribution in [1.29, 1.82) is 0 Å². The summed E-state index contributed by atoms with van der Waals surface area (Å²) < 4.78 is 10.9. The number of carbonyl (C=O) groups excluding carboxylic acids is 1. The van der Waals surface area contributed by atoms with Crippen LogP contribution in [0.3, 0.4) is 0 Å². The van der Waals surface area contributed by atoms with Crippen molar-refractivity contribution in [2.45, 2.75) is 0 Å². The van der Waals surface area contributed by atoms with Crippen molar-refractivity contribution in [3.8, 4) is 17.2 Å².